The van der Waals surface area contributed by atoms with Crippen molar-refractivity contribution < 1.29 is 18.0 Å². The number of rotatable bonds is 9. The lowest BCUT2D eigenvalue weighted by Gasteiger charge is -2.31. The van der Waals surface area contributed by atoms with Crippen LogP contribution in [0, 0.1) is 0 Å². The summed E-state index contributed by atoms with van der Waals surface area (Å²) in [5, 5.41) is 2.56. The molecule has 1 atom stereocenters. The second kappa shape index (κ2) is 11.8. The monoisotopic (exact) mass is 621 g/mol. The van der Waals surface area contributed by atoms with Crippen molar-refractivity contribution in [2.45, 2.75) is 24.4 Å². The van der Waals surface area contributed by atoms with Crippen LogP contribution in [-0.4, -0.2) is 44.8 Å². The van der Waals surface area contributed by atoms with E-state index in [9.17, 15) is 18.0 Å². The molecule has 1 N–H and O–H groups in total. The van der Waals surface area contributed by atoms with E-state index in [-0.39, 0.29) is 17.3 Å². The van der Waals surface area contributed by atoms with Crippen LogP contribution in [0.3, 0.4) is 0 Å². The van der Waals surface area contributed by atoms with Crippen molar-refractivity contribution in [2.24, 2.45) is 0 Å². The van der Waals surface area contributed by atoms with E-state index in [1.807, 2.05) is 24.3 Å². The minimum Gasteiger partial charge on any atom is -0.357 e. The van der Waals surface area contributed by atoms with Crippen LogP contribution in [0.15, 0.2) is 92.7 Å². The van der Waals surface area contributed by atoms with Gasteiger partial charge in [0.2, 0.25) is 11.8 Å². The van der Waals surface area contributed by atoms with Gasteiger partial charge in [-0.05, 0) is 61.0 Å². The molecule has 3 aromatic carbocycles. The molecule has 0 aliphatic heterocycles. The van der Waals surface area contributed by atoms with E-state index in [1.165, 1.54) is 24.1 Å². The molecule has 0 spiro atoms. The maximum absolute atomic E-state index is 13.6. The molecule has 7 nitrogen and oxygen atoms in total. The average molecular weight is 623 g/mol. The molecule has 0 unspecified atom stereocenters. The Morgan fingerprint density at radius 2 is 1.43 bits per heavy atom. The lowest BCUT2D eigenvalue weighted by Crippen LogP contribution is -2.50. The van der Waals surface area contributed by atoms with Crippen LogP contribution in [0.5, 0.6) is 0 Å². The van der Waals surface area contributed by atoms with Crippen molar-refractivity contribution in [3.63, 3.8) is 0 Å². The van der Waals surface area contributed by atoms with Crippen molar-refractivity contribution in [2.75, 3.05) is 17.9 Å². The molecule has 184 valence electrons. The minimum atomic E-state index is -4.06. The number of hydrogen-bond donors (Lipinski definition) is 1. The molecule has 0 heterocycles. The largest absolute Gasteiger partial charge is 0.357 e. The van der Waals surface area contributed by atoms with E-state index in [4.69, 9.17) is 0 Å². The van der Waals surface area contributed by atoms with E-state index >= 15 is 0 Å². The number of nitrogens with one attached hydrogen (secondary N) is 1. The van der Waals surface area contributed by atoms with Crippen LogP contribution in [0.2, 0.25) is 0 Å². The van der Waals surface area contributed by atoms with Gasteiger partial charge >= 0.3 is 0 Å². The number of hydrogen-bond acceptors (Lipinski definition) is 4. The van der Waals surface area contributed by atoms with Crippen LogP contribution in [0.25, 0.3) is 0 Å². The van der Waals surface area contributed by atoms with Gasteiger partial charge in [0, 0.05) is 22.5 Å². The molecule has 10 heteroatoms. The first-order chi connectivity index (χ1) is 16.6. The van der Waals surface area contributed by atoms with Gasteiger partial charge in [-0.25, -0.2) is 8.42 Å². The van der Waals surface area contributed by atoms with E-state index in [2.05, 4.69) is 37.2 Å². The molecule has 3 aromatic rings. The fourth-order valence-electron chi connectivity index (χ4n) is 3.43. The van der Waals surface area contributed by atoms with Gasteiger partial charge < -0.3 is 10.2 Å². The third kappa shape index (κ3) is 6.71. The third-order valence-electron chi connectivity index (χ3n) is 5.40. The Labute approximate surface area is 222 Å². The summed E-state index contributed by atoms with van der Waals surface area (Å²) in [7, 11) is -2.57. The predicted molar refractivity (Wildman–Crippen MR) is 143 cm³/mol. The molecule has 0 saturated heterocycles. The van der Waals surface area contributed by atoms with Crippen LogP contribution in [0.1, 0.15) is 12.5 Å². The Balaban J connectivity index is 2.00. The minimum absolute atomic E-state index is 0.0644. The highest BCUT2D eigenvalue weighted by Crippen LogP contribution is 2.26. The van der Waals surface area contributed by atoms with Gasteiger partial charge in [-0.3, -0.25) is 13.9 Å². The number of sulfonamides is 1. The van der Waals surface area contributed by atoms with Crippen molar-refractivity contribution in [3.8, 4) is 0 Å². The Morgan fingerprint density at radius 1 is 0.886 bits per heavy atom. The fourth-order valence-corrected chi connectivity index (χ4v) is 5.40. The van der Waals surface area contributed by atoms with E-state index in [1.54, 1.807) is 49.4 Å². The van der Waals surface area contributed by atoms with E-state index < -0.39 is 28.5 Å². The number of likely N-dealkylation sites (N-methyl/N-ethyl adjacent to an activating group) is 1. The summed E-state index contributed by atoms with van der Waals surface area (Å²) in [5.74, 6) is -0.858. The summed E-state index contributed by atoms with van der Waals surface area (Å²) in [6.45, 7) is 1.28. The molecule has 0 aliphatic carbocycles. The van der Waals surface area contributed by atoms with E-state index in [0.717, 1.165) is 18.8 Å². The van der Waals surface area contributed by atoms with Crippen LogP contribution < -0.4 is 9.62 Å². The maximum atomic E-state index is 13.6. The smallest absolute Gasteiger partial charge is 0.264 e. The number of halogens is 2. The summed E-state index contributed by atoms with van der Waals surface area (Å²) >= 11 is 6.75. The van der Waals surface area contributed by atoms with Gasteiger partial charge in [0.1, 0.15) is 12.6 Å². The molecule has 0 radical (unpaired) electrons. The number of amides is 2. The summed E-state index contributed by atoms with van der Waals surface area (Å²) in [4.78, 5) is 27.5. The summed E-state index contributed by atoms with van der Waals surface area (Å²) in [6, 6.07) is 21.2. The first-order valence-electron chi connectivity index (χ1n) is 10.7. The van der Waals surface area contributed by atoms with Crippen LogP contribution in [0.4, 0.5) is 5.69 Å². The van der Waals surface area contributed by atoms with Gasteiger partial charge in [0.15, 0.2) is 0 Å². The molecule has 35 heavy (non-hydrogen) atoms. The number of nitrogens with zero attached hydrogens (tertiary/aromatic N) is 2. The molecule has 0 aromatic heterocycles. The molecule has 0 fully saturated rings. The molecule has 3 rings (SSSR count). The molecular formula is C25H25Br2N3O4S. The highest BCUT2D eigenvalue weighted by molar-refractivity contribution is 9.10. The zero-order valence-corrected chi connectivity index (χ0v) is 23.2. The Bertz CT molecular complexity index is 1270. The van der Waals surface area contributed by atoms with E-state index in [0.29, 0.717) is 5.69 Å². The Morgan fingerprint density at radius 3 is 1.97 bits per heavy atom. The van der Waals surface area contributed by atoms with Crippen LogP contribution >= 0.6 is 31.9 Å². The fraction of sp³-hybridized carbons (Fsp3) is 0.200. The van der Waals surface area contributed by atoms with Gasteiger partial charge in [0.25, 0.3) is 10.0 Å². The maximum Gasteiger partial charge on any atom is 0.264 e. The van der Waals surface area contributed by atoms with Crippen molar-refractivity contribution in [1.29, 1.82) is 0 Å². The normalized spacial score (nSPS) is 12.0. The summed E-state index contributed by atoms with van der Waals surface area (Å²) in [5.41, 5.74) is 1.14. The SMILES string of the molecule is CNC(=O)[C@@H](C)N(Cc1ccc(Br)cc1)C(=O)CN(c1ccc(Br)cc1)S(=O)(=O)c1ccccc1. The quantitative estimate of drug-likeness (QED) is 0.379. The first kappa shape index (κ1) is 26.9. The number of benzene rings is 3. The zero-order chi connectivity index (χ0) is 25.6. The van der Waals surface area contributed by atoms with Gasteiger partial charge in [-0.15, -0.1) is 0 Å². The van der Waals surface area contributed by atoms with Crippen molar-refractivity contribution in [1.82, 2.24) is 10.2 Å². The molecule has 2 amide bonds. The summed E-state index contributed by atoms with van der Waals surface area (Å²) < 4.78 is 29.9. The summed E-state index contributed by atoms with van der Waals surface area (Å²) in [6.07, 6.45) is 0. The molecule has 0 bridgehead atoms. The highest BCUT2D eigenvalue weighted by Gasteiger charge is 2.32. The standard InChI is InChI=1S/C25H25Br2N3O4S/c1-18(25(32)28-2)29(16-19-8-10-20(26)11-9-19)24(31)17-30(22-14-12-21(27)13-15-22)35(33,34)23-6-4-3-5-7-23/h3-15,18H,16-17H2,1-2H3,(H,28,32)/t18-/m1/s1. The zero-order valence-electron chi connectivity index (χ0n) is 19.2. The molecular weight excluding hydrogens is 598 g/mol. The van der Waals surface area contributed by atoms with Crippen molar-refractivity contribution in [3.05, 3.63) is 93.4 Å². The second-order valence-corrected chi connectivity index (χ2v) is 11.4. The molecule has 0 aliphatic rings. The van der Waals surface area contributed by atoms with Crippen LogP contribution in [-0.2, 0) is 26.2 Å². The number of anilines is 1. The second-order valence-electron chi connectivity index (χ2n) is 7.74. The number of carbonyl (C=O) groups is 2. The Hall–Kier alpha value is -2.69. The average Bonchev–Trinajstić information content (AvgIpc) is 2.87. The number of carbonyl (C=O) groups excluding carboxylic acids is 2. The van der Waals surface area contributed by atoms with Crippen molar-refractivity contribution >= 4 is 59.4 Å². The first-order valence-corrected chi connectivity index (χ1v) is 13.7. The Kier molecular flexibility index (Phi) is 9.09. The van der Waals surface area contributed by atoms with Gasteiger partial charge in [0.05, 0.1) is 10.6 Å². The molecule has 0 saturated carbocycles. The lowest BCUT2D eigenvalue weighted by atomic mass is 10.1. The third-order valence-corrected chi connectivity index (χ3v) is 8.25. The topological polar surface area (TPSA) is 86.8 Å². The highest BCUT2D eigenvalue weighted by atomic mass is 79.9. The van der Waals surface area contributed by atoms with Gasteiger partial charge in [-0.2, -0.15) is 0 Å². The predicted octanol–water partition coefficient (Wildman–Crippen LogP) is 4.57. The van der Waals surface area contributed by atoms with Gasteiger partial charge in [-0.1, -0.05) is 62.2 Å². The lowest BCUT2D eigenvalue weighted by molar-refractivity contribution is -0.139.